The normalized spacial score (nSPS) is 25.9. The number of aliphatic carboxylic acids is 1. The van der Waals surface area contributed by atoms with Crippen molar-refractivity contribution in [2.75, 3.05) is 5.32 Å². The predicted octanol–water partition coefficient (Wildman–Crippen LogP) is 2.80. The maximum atomic E-state index is 12.7. The molecule has 0 unspecified atom stereocenters. The molecule has 3 atom stereocenters. The van der Waals surface area contributed by atoms with Crippen LogP contribution in [0.15, 0.2) is 0 Å². The van der Waals surface area contributed by atoms with Crippen LogP contribution in [-0.2, 0) is 22.4 Å². The van der Waals surface area contributed by atoms with Crippen molar-refractivity contribution in [3.63, 3.8) is 0 Å². The van der Waals surface area contributed by atoms with Gasteiger partial charge >= 0.3 is 5.97 Å². The number of amides is 2. The summed E-state index contributed by atoms with van der Waals surface area (Å²) in [4.78, 5) is 37.2. The van der Waals surface area contributed by atoms with Gasteiger partial charge in [0, 0.05) is 4.88 Å². The molecule has 0 saturated heterocycles. The minimum absolute atomic E-state index is 0.304. The fourth-order valence-corrected chi connectivity index (χ4v) is 5.46. The van der Waals surface area contributed by atoms with E-state index in [0.717, 1.165) is 42.5 Å². The van der Waals surface area contributed by atoms with E-state index in [2.05, 4.69) is 12.2 Å². The van der Waals surface area contributed by atoms with Crippen LogP contribution in [0.2, 0.25) is 0 Å². The second-order valence-electron chi connectivity index (χ2n) is 7.25. The van der Waals surface area contributed by atoms with E-state index in [4.69, 9.17) is 5.73 Å². The molecule has 1 aromatic heterocycles. The van der Waals surface area contributed by atoms with Crippen LogP contribution in [0.3, 0.4) is 0 Å². The summed E-state index contributed by atoms with van der Waals surface area (Å²) in [5, 5.41) is 12.7. The van der Waals surface area contributed by atoms with Crippen molar-refractivity contribution in [1.82, 2.24) is 0 Å². The van der Waals surface area contributed by atoms with E-state index in [1.165, 1.54) is 11.3 Å². The monoisotopic (exact) mass is 364 g/mol. The van der Waals surface area contributed by atoms with Crippen molar-refractivity contribution < 1.29 is 19.5 Å². The standard InChI is InChI=1S/C18H24N2O4S/c1-9-6-7-12-13(8-9)25-17(14(12)15(19)21)20-16(22)10-4-2-3-5-11(10)18(23)24/h9-11H,2-8H2,1H3,(H2,19,21)(H,20,22)(H,23,24)/t9-,10-,11-/m1/s1. The minimum atomic E-state index is -0.922. The van der Waals surface area contributed by atoms with Gasteiger partial charge < -0.3 is 16.2 Å². The number of primary amides is 1. The zero-order valence-electron chi connectivity index (χ0n) is 14.3. The lowest BCUT2D eigenvalue weighted by atomic mass is 9.78. The Morgan fingerprint density at radius 1 is 1.16 bits per heavy atom. The number of carbonyl (C=O) groups is 3. The first-order valence-corrected chi connectivity index (χ1v) is 9.68. The molecule has 2 aliphatic carbocycles. The molecule has 0 aromatic carbocycles. The number of carboxylic acid groups (broad SMARTS) is 1. The van der Waals surface area contributed by atoms with Crippen LogP contribution in [0.5, 0.6) is 0 Å². The summed E-state index contributed by atoms with van der Waals surface area (Å²) in [7, 11) is 0. The Balaban J connectivity index is 1.86. The minimum Gasteiger partial charge on any atom is -0.481 e. The molecule has 0 bridgehead atoms. The van der Waals surface area contributed by atoms with Crippen LogP contribution in [0.1, 0.15) is 59.8 Å². The van der Waals surface area contributed by atoms with Gasteiger partial charge in [-0.05, 0) is 43.6 Å². The largest absolute Gasteiger partial charge is 0.481 e. The molecule has 136 valence electrons. The van der Waals surface area contributed by atoms with E-state index in [9.17, 15) is 19.5 Å². The van der Waals surface area contributed by atoms with Crippen LogP contribution in [-0.4, -0.2) is 22.9 Å². The number of carboxylic acids is 1. The van der Waals surface area contributed by atoms with Crippen molar-refractivity contribution in [1.29, 1.82) is 0 Å². The van der Waals surface area contributed by atoms with E-state index in [0.29, 0.717) is 29.3 Å². The first-order valence-electron chi connectivity index (χ1n) is 8.86. The highest BCUT2D eigenvalue weighted by molar-refractivity contribution is 7.17. The molecule has 0 radical (unpaired) electrons. The number of nitrogens with two attached hydrogens (primary N) is 1. The summed E-state index contributed by atoms with van der Waals surface area (Å²) in [5.74, 6) is -2.41. The van der Waals surface area contributed by atoms with Crippen molar-refractivity contribution in [2.24, 2.45) is 23.5 Å². The number of thiophene rings is 1. The number of anilines is 1. The summed E-state index contributed by atoms with van der Waals surface area (Å²) in [6.45, 7) is 2.17. The fourth-order valence-electron chi connectivity index (χ4n) is 4.04. The van der Waals surface area contributed by atoms with Crippen LogP contribution in [0, 0.1) is 17.8 Å². The molecule has 2 amide bonds. The average Bonchev–Trinajstić information content (AvgIpc) is 2.91. The second kappa shape index (κ2) is 7.15. The van der Waals surface area contributed by atoms with Gasteiger partial charge in [0.15, 0.2) is 0 Å². The zero-order chi connectivity index (χ0) is 18.1. The van der Waals surface area contributed by atoms with Gasteiger partial charge in [0.1, 0.15) is 5.00 Å². The summed E-state index contributed by atoms with van der Waals surface area (Å²) < 4.78 is 0. The van der Waals surface area contributed by atoms with Crippen molar-refractivity contribution in [3.05, 3.63) is 16.0 Å². The van der Waals surface area contributed by atoms with Crippen molar-refractivity contribution >= 4 is 34.1 Å². The lowest BCUT2D eigenvalue weighted by Crippen LogP contribution is -2.36. The fraction of sp³-hybridized carbons (Fsp3) is 0.611. The molecule has 7 heteroatoms. The number of nitrogens with one attached hydrogen (secondary N) is 1. The van der Waals surface area contributed by atoms with Crippen LogP contribution in [0.4, 0.5) is 5.00 Å². The van der Waals surface area contributed by atoms with E-state index < -0.39 is 23.7 Å². The molecule has 2 aliphatic rings. The van der Waals surface area contributed by atoms with Gasteiger partial charge in [-0.3, -0.25) is 14.4 Å². The van der Waals surface area contributed by atoms with Gasteiger partial charge in [-0.25, -0.2) is 0 Å². The molecule has 1 aromatic rings. The molecule has 1 fully saturated rings. The van der Waals surface area contributed by atoms with E-state index in [-0.39, 0.29) is 5.91 Å². The third-order valence-corrected chi connectivity index (χ3v) is 6.58. The third kappa shape index (κ3) is 3.56. The SMILES string of the molecule is C[C@@H]1CCc2c(sc(NC(=O)[C@@H]3CCCC[C@H]3C(=O)O)c2C(N)=O)C1. The Kier molecular flexibility index (Phi) is 5.13. The smallest absolute Gasteiger partial charge is 0.307 e. The average molecular weight is 364 g/mol. The molecule has 4 N–H and O–H groups in total. The highest BCUT2D eigenvalue weighted by Gasteiger charge is 2.37. The van der Waals surface area contributed by atoms with E-state index in [1.54, 1.807) is 0 Å². The van der Waals surface area contributed by atoms with Gasteiger partial charge in [0.05, 0.1) is 17.4 Å². The Hall–Kier alpha value is -1.89. The summed E-state index contributed by atoms with van der Waals surface area (Å²) in [5.41, 5.74) is 6.95. The van der Waals surface area contributed by atoms with Crippen LogP contribution >= 0.6 is 11.3 Å². The molecule has 0 spiro atoms. The van der Waals surface area contributed by atoms with Gasteiger partial charge in [-0.1, -0.05) is 19.8 Å². The van der Waals surface area contributed by atoms with E-state index >= 15 is 0 Å². The lowest BCUT2D eigenvalue weighted by molar-refractivity contribution is -0.147. The molecule has 1 saturated carbocycles. The number of rotatable bonds is 4. The highest BCUT2D eigenvalue weighted by Crippen LogP contribution is 2.40. The molecule has 0 aliphatic heterocycles. The van der Waals surface area contributed by atoms with Gasteiger partial charge in [-0.2, -0.15) is 0 Å². The molecule has 25 heavy (non-hydrogen) atoms. The summed E-state index contributed by atoms with van der Waals surface area (Å²) in [6.07, 6.45) is 5.45. The maximum absolute atomic E-state index is 12.7. The molecule has 1 heterocycles. The first-order chi connectivity index (χ1) is 11.9. The summed E-state index contributed by atoms with van der Waals surface area (Å²) >= 11 is 1.42. The highest BCUT2D eigenvalue weighted by atomic mass is 32.1. The van der Waals surface area contributed by atoms with Gasteiger partial charge in [0.2, 0.25) is 5.91 Å². The Bertz CT molecular complexity index is 712. The van der Waals surface area contributed by atoms with Gasteiger partial charge in [0.25, 0.3) is 5.91 Å². The van der Waals surface area contributed by atoms with Crippen molar-refractivity contribution in [3.8, 4) is 0 Å². The quantitative estimate of drug-likeness (QED) is 0.763. The third-order valence-electron chi connectivity index (χ3n) is 5.41. The molecular weight excluding hydrogens is 340 g/mol. The molecular formula is C18H24N2O4S. The Labute approximate surface area is 150 Å². The number of fused-ring (bicyclic) bond motifs is 1. The van der Waals surface area contributed by atoms with Gasteiger partial charge in [-0.15, -0.1) is 11.3 Å². The number of hydrogen-bond donors (Lipinski definition) is 3. The van der Waals surface area contributed by atoms with Crippen LogP contribution in [0.25, 0.3) is 0 Å². The number of carbonyl (C=O) groups excluding carboxylic acids is 2. The zero-order valence-corrected chi connectivity index (χ0v) is 15.2. The topological polar surface area (TPSA) is 109 Å². The Morgan fingerprint density at radius 2 is 1.84 bits per heavy atom. The maximum Gasteiger partial charge on any atom is 0.307 e. The van der Waals surface area contributed by atoms with E-state index in [1.807, 2.05) is 0 Å². The summed E-state index contributed by atoms with van der Waals surface area (Å²) in [6, 6.07) is 0. The second-order valence-corrected chi connectivity index (χ2v) is 8.35. The predicted molar refractivity (Wildman–Crippen MR) is 95.7 cm³/mol. The molecule has 3 rings (SSSR count). The first kappa shape index (κ1) is 17.9. The van der Waals surface area contributed by atoms with Crippen LogP contribution < -0.4 is 11.1 Å². The molecule has 6 nitrogen and oxygen atoms in total. The van der Waals surface area contributed by atoms with Crippen molar-refractivity contribution in [2.45, 2.75) is 51.9 Å². The Morgan fingerprint density at radius 3 is 2.48 bits per heavy atom. The number of hydrogen-bond acceptors (Lipinski definition) is 4. The lowest BCUT2D eigenvalue weighted by Gasteiger charge is -2.27.